The van der Waals surface area contributed by atoms with E-state index in [1.807, 2.05) is 0 Å². The van der Waals surface area contributed by atoms with E-state index in [-0.39, 0.29) is 22.3 Å². The molecule has 2 aromatic rings. The number of benzene rings is 2. The van der Waals surface area contributed by atoms with Crippen LogP contribution in [0.4, 0.5) is 5.69 Å². The van der Waals surface area contributed by atoms with Crippen molar-refractivity contribution in [2.24, 2.45) is 0 Å². The molecule has 10 heteroatoms. The second-order valence-electron chi connectivity index (χ2n) is 4.91. The number of halogens is 2. The van der Waals surface area contributed by atoms with Crippen molar-refractivity contribution in [3.8, 4) is 17.2 Å². The lowest BCUT2D eigenvalue weighted by Crippen LogP contribution is -2.14. The van der Waals surface area contributed by atoms with Crippen molar-refractivity contribution in [3.05, 3.63) is 56.6 Å². The van der Waals surface area contributed by atoms with E-state index in [0.717, 1.165) is 12.1 Å². The predicted octanol–water partition coefficient (Wildman–Crippen LogP) is 4.81. The van der Waals surface area contributed by atoms with Gasteiger partial charge in [0.1, 0.15) is 11.5 Å². The van der Waals surface area contributed by atoms with Crippen LogP contribution in [0, 0.1) is 10.1 Å². The summed E-state index contributed by atoms with van der Waals surface area (Å²) in [5, 5.41) is 11.7. The number of nitrogens with zero attached hydrogens (tertiary/aromatic N) is 1. The first kappa shape index (κ1) is 19.3. The van der Waals surface area contributed by atoms with E-state index in [1.54, 1.807) is 13.0 Å². The average Bonchev–Trinajstić information content (AvgIpc) is 2.49. The van der Waals surface area contributed by atoms with Gasteiger partial charge in [0, 0.05) is 17.2 Å². The zero-order chi connectivity index (χ0) is 18.6. The number of nitro groups is 1. The molecule has 0 bridgehead atoms. The lowest BCUT2D eigenvalue weighted by atomic mass is 10.3. The fourth-order valence-electron chi connectivity index (χ4n) is 1.89. The first-order valence-electron chi connectivity index (χ1n) is 7.05. The van der Waals surface area contributed by atoms with Gasteiger partial charge in [0.05, 0.1) is 15.7 Å². The molecule has 25 heavy (non-hydrogen) atoms. The molecule has 0 unspecified atom stereocenters. The van der Waals surface area contributed by atoms with Crippen LogP contribution in [0.1, 0.15) is 13.3 Å². The van der Waals surface area contributed by atoms with Crippen LogP contribution < -0.4 is 8.92 Å². The maximum Gasteiger partial charge on any atom is 0.312 e. The van der Waals surface area contributed by atoms with Crippen molar-refractivity contribution in [1.82, 2.24) is 0 Å². The molecule has 0 saturated carbocycles. The molecule has 2 aromatic carbocycles. The molecule has 0 aliphatic rings. The molecular weight excluding hydrogens is 393 g/mol. The molecule has 7 nitrogen and oxygen atoms in total. The van der Waals surface area contributed by atoms with Crippen LogP contribution >= 0.6 is 23.2 Å². The first-order valence-corrected chi connectivity index (χ1v) is 9.38. The summed E-state index contributed by atoms with van der Waals surface area (Å²) in [6, 6.07) is 8.05. The second-order valence-corrected chi connectivity index (χ2v) is 7.44. The molecule has 0 spiro atoms. The summed E-state index contributed by atoms with van der Waals surface area (Å²) in [5.74, 6) is -0.321. The van der Waals surface area contributed by atoms with Crippen LogP contribution in [0.15, 0.2) is 36.4 Å². The van der Waals surface area contributed by atoms with Gasteiger partial charge in [-0.05, 0) is 30.7 Å². The summed E-state index contributed by atoms with van der Waals surface area (Å²) in [5.41, 5.74) is -0.491. The number of hydrogen-bond donors (Lipinski definition) is 0. The SMILES string of the molecule is CCCS(=O)(=O)Oc1cc(Oc2ccc(Cl)cc2Cl)ccc1[N+](=O)[O-]. The number of rotatable bonds is 7. The molecule has 0 fully saturated rings. The van der Waals surface area contributed by atoms with Gasteiger partial charge in [0.2, 0.25) is 5.75 Å². The van der Waals surface area contributed by atoms with Crippen molar-refractivity contribution in [2.75, 3.05) is 5.75 Å². The minimum atomic E-state index is -3.95. The van der Waals surface area contributed by atoms with Gasteiger partial charge in [0.15, 0.2) is 0 Å². The standard InChI is InChI=1S/C15H13Cl2NO6S/c1-2-7-25(21,22)24-15-9-11(4-5-13(15)18(19)20)23-14-6-3-10(16)8-12(14)17/h3-6,8-9H,2,7H2,1H3. The van der Waals surface area contributed by atoms with Gasteiger partial charge in [-0.25, -0.2) is 0 Å². The fourth-order valence-corrected chi connectivity index (χ4v) is 3.33. The summed E-state index contributed by atoms with van der Waals surface area (Å²) in [4.78, 5) is 10.3. The van der Waals surface area contributed by atoms with Crippen LogP contribution in [0.2, 0.25) is 10.0 Å². The summed E-state index contributed by atoms with van der Waals surface area (Å²) in [6.45, 7) is 1.65. The van der Waals surface area contributed by atoms with Crippen LogP contribution in [-0.2, 0) is 10.1 Å². The molecule has 0 aromatic heterocycles. The zero-order valence-electron chi connectivity index (χ0n) is 12.9. The van der Waals surface area contributed by atoms with Crippen LogP contribution in [0.25, 0.3) is 0 Å². The molecule has 2 rings (SSSR count). The molecule has 0 saturated heterocycles. The monoisotopic (exact) mass is 405 g/mol. The van der Waals surface area contributed by atoms with E-state index >= 15 is 0 Å². The molecule has 0 heterocycles. The second kappa shape index (κ2) is 7.90. The van der Waals surface area contributed by atoms with Gasteiger partial charge in [-0.15, -0.1) is 0 Å². The third-order valence-electron chi connectivity index (χ3n) is 2.92. The number of nitro benzene ring substituents is 1. The van der Waals surface area contributed by atoms with E-state index in [0.29, 0.717) is 11.4 Å². The fraction of sp³-hybridized carbons (Fsp3) is 0.200. The maximum absolute atomic E-state index is 11.8. The summed E-state index contributed by atoms with van der Waals surface area (Å²) in [7, 11) is -3.95. The van der Waals surface area contributed by atoms with Crippen molar-refractivity contribution in [2.45, 2.75) is 13.3 Å². The highest BCUT2D eigenvalue weighted by Gasteiger charge is 2.22. The molecule has 0 N–H and O–H groups in total. The van der Waals surface area contributed by atoms with Crippen molar-refractivity contribution in [3.63, 3.8) is 0 Å². The van der Waals surface area contributed by atoms with Gasteiger partial charge in [-0.1, -0.05) is 30.1 Å². The third kappa shape index (κ3) is 5.22. The first-order chi connectivity index (χ1) is 11.7. The molecular formula is C15H13Cl2NO6S. The Balaban J connectivity index is 2.38. The van der Waals surface area contributed by atoms with E-state index < -0.39 is 26.5 Å². The van der Waals surface area contributed by atoms with Gasteiger partial charge in [0.25, 0.3) is 0 Å². The molecule has 0 atom stereocenters. The Labute approximate surface area is 154 Å². The van der Waals surface area contributed by atoms with Gasteiger partial charge < -0.3 is 8.92 Å². The third-order valence-corrected chi connectivity index (χ3v) is 4.79. The van der Waals surface area contributed by atoms with Gasteiger partial charge >= 0.3 is 15.8 Å². The largest absolute Gasteiger partial charge is 0.456 e. The van der Waals surface area contributed by atoms with Crippen molar-refractivity contribution < 1.29 is 22.3 Å². The van der Waals surface area contributed by atoms with Crippen LogP contribution in [0.3, 0.4) is 0 Å². The Morgan fingerprint density at radius 3 is 2.44 bits per heavy atom. The van der Waals surface area contributed by atoms with Crippen molar-refractivity contribution >= 4 is 39.0 Å². The molecule has 134 valence electrons. The Morgan fingerprint density at radius 2 is 1.84 bits per heavy atom. The molecule has 0 aliphatic carbocycles. The van der Waals surface area contributed by atoms with E-state index in [1.165, 1.54) is 18.2 Å². The highest BCUT2D eigenvalue weighted by Crippen LogP contribution is 2.36. The van der Waals surface area contributed by atoms with Crippen LogP contribution in [-0.4, -0.2) is 19.1 Å². The minimum absolute atomic E-state index is 0.122. The number of hydrogen-bond acceptors (Lipinski definition) is 6. The minimum Gasteiger partial charge on any atom is -0.456 e. The Kier molecular flexibility index (Phi) is 6.10. The van der Waals surface area contributed by atoms with E-state index in [2.05, 4.69) is 0 Å². The summed E-state index contributed by atoms with van der Waals surface area (Å²) in [6.07, 6.45) is 0.312. The molecule has 0 aliphatic heterocycles. The smallest absolute Gasteiger partial charge is 0.312 e. The lowest BCUT2D eigenvalue weighted by Gasteiger charge is -2.10. The highest BCUT2D eigenvalue weighted by atomic mass is 35.5. The molecule has 0 amide bonds. The summed E-state index contributed by atoms with van der Waals surface area (Å²) >= 11 is 11.8. The average molecular weight is 406 g/mol. The van der Waals surface area contributed by atoms with Crippen LogP contribution in [0.5, 0.6) is 17.2 Å². The Morgan fingerprint density at radius 1 is 1.12 bits per heavy atom. The normalized spacial score (nSPS) is 11.2. The van der Waals surface area contributed by atoms with Gasteiger partial charge in [-0.2, -0.15) is 8.42 Å². The number of ether oxygens (including phenoxy) is 1. The molecule has 0 radical (unpaired) electrons. The topological polar surface area (TPSA) is 95.7 Å². The Bertz CT molecular complexity index is 901. The maximum atomic E-state index is 11.8. The zero-order valence-corrected chi connectivity index (χ0v) is 15.3. The van der Waals surface area contributed by atoms with Crippen molar-refractivity contribution in [1.29, 1.82) is 0 Å². The summed E-state index contributed by atoms with van der Waals surface area (Å²) < 4.78 is 34.0. The van der Waals surface area contributed by atoms with E-state index in [4.69, 9.17) is 32.1 Å². The Hall–Kier alpha value is -2.03. The van der Waals surface area contributed by atoms with Gasteiger partial charge in [-0.3, -0.25) is 10.1 Å². The lowest BCUT2D eigenvalue weighted by molar-refractivity contribution is -0.385. The quantitative estimate of drug-likeness (QED) is 0.372. The predicted molar refractivity (Wildman–Crippen MR) is 94.3 cm³/mol. The van der Waals surface area contributed by atoms with E-state index in [9.17, 15) is 18.5 Å². The highest BCUT2D eigenvalue weighted by molar-refractivity contribution is 7.87.